The van der Waals surface area contributed by atoms with Gasteiger partial charge < -0.3 is 16.4 Å². The summed E-state index contributed by atoms with van der Waals surface area (Å²) in [7, 11) is 0. The first kappa shape index (κ1) is 12.4. The molecule has 0 heterocycles. The molecule has 0 atom stereocenters. The first-order valence-corrected chi connectivity index (χ1v) is 5.40. The van der Waals surface area contributed by atoms with E-state index in [9.17, 15) is 4.79 Å². The van der Waals surface area contributed by atoms with Crippen molar-refractivity contribution in [2.24, 2.45) is 5.73 Å². The Labute approximate surface area is 100 Å². The molecule has 86 valence electrons. The molecule has 4 nitrogen and oxygen atoms in total. The third-order valence-corrected chi connectivity index (χ3v) is 2.13. The van der Waals surface area contributed by atoms with E-state index in [2.05, 4.69) is 10.6 Å². The highest BCUT2D eigenvalue weighted by Gasteiger charge is 2.06. The van der Waals surface area contributed by atoms with Gasteiger partial charge in [0.05, 0.1) is 11.4 Å². The van der Waals surface area contributed by atoms with Gasteiger partial charge >= 0.3 is 0 Å². The number of nitrogens with one attached hydrogen (secondary N) is 2. The number of thiocarbonyl (C=S) groups is 1. The lowest BCUT2D eigenvalue weighted by atomic mass is 10.2. The molecule has 0 aliphatic heterocycles. The first-order valence-electron chi connectivity index (χ1n) is 5.00. The molecule has 1 aromatic carbocycles. The number of amides is 1. The largest absolute Gasteiger partial charge is 0.376 e. The van der Waals surface area contributed by atoms with Crippen LogP contribution >= 0.6 is 12.2 Å². The smallest absolute Gasteiger partial charge is 0.224 e. The summed E-state index contributed by atoms with van der Waals surface area (Å²) in [6.45, 7) is 3.75. The van der Waals surface area contributed by atoms with Crippen molar-refractivity contribution in [3.63, 3.8) is 0 Å². The van der Waals surface area contributed by atoms with E-state index in [1.807, 2.05) is 25.1 Å². The highest BCUT2D eigenvalue weighted by Crippen LogP contribution is 2.23. The molecule has 0 aliphatic rings. The zero-order chi connectivity index (χ0) is 12.1. The third kappa shape index (κ3) is 3.51. The molecule has 0 saturated heterocycles. The first-order chi connectivity index (χ1) is 7.52. The lowest BCUT2D eigenvalue weighted by Crippen LogP contribution is -2.20. The van der Waals surface area contributed by atoms with E-state index in [4.69, 9.17) is 18.0 Å². The standard InChI is InChI=1S/C11H15N3OS/c1-3-10(15)13-8-5-4-7(2)6-9(8)14-11(12)16/h4-6H,3H2,1-2H3,(H,13,15)(H3,12,14,16). The molecular weight excluding hydrogens is 222 g/mol. The lowest BCUT2D eigenvalue weighted by molar-refractivity contribution is -0.115. The molecule has 16 heavy (non-hydrogen) atoms. The molecule has 0 fully saturated rings. The van der Waals surface area contributed by atoms with Crippen LogP contribution in [0, 0.1) is 6.92 Å². The second-order valence-corrected chi connectivity index (χ2v) is 3.88. The molecule has 1 amide bonds. The van der Waals surface area contributed by atoms with Crippen molar-refractivity contribution in [1.29, 1.82) is 0 Å². The topological polar surface area (TPSA) is 67.2 Å². The van der Waals surface area contributed by atoms with Crippen molar-refractivity contribution >= 4 is 34.6 Å². The van der Waals surface area contributed by atoms with Crippen molar-refractivity contribution in [2.45, 2.75) is 20.3 Å². The fraction of sp³-hybridized carbons (Fsp3) is 0.273. The van der Waals surface area contributed by atoms with Crippen molar-refractivity contribution in [2.75, 3.05) is 10.6 Å². The van der Waals surface area contributed by atoms with Gasteiger partial charge in [-0.1, -0.05) is 13.0 Å². The van der Waals surface area contributed by atoms with Crippen molar-refractivity contribution in [3.05, 3.63) is 23.8 Å². The van der Waals surface area contributed by atoms with E-state index in [1.165, 1.54) is 0 Å². The molecule has 5 heteroatoms. The summed E-state index contributed by atoms with van der Waals surface area (Å²) >= 11 is 4.78. The summed E-state index contributed by atoms with van der Waals surface area (Å²) in [6.07, 6.45) is 0.431. The molecule has 0 bridgehead atoms. The van der Waals surface area contributed by atoms with Gasteiger partial charge in [0.15, 0.2) is 5.11 Å². The third-order valence-electron chi connectivity index (χ3n) is 2.03. The molecule has 1 aromatic rings. The lowest BCUT2D eigenvalue weighted by Gasteiger charge is -2.12. The minimum Gasteiger partial charge on any atom is -0.376 e. The summed E-state index contributed by atoms with van der Waals surface area (Å²) in [5.74, 6) is -0.0464. The Kier molecular flexibility index (Phi) is 4.25. The van der Waals surface area contributed by atoms with E-state index in [1.54, 1.807) is 6.92 Å². The second-order valence-electron chi connectivity index (χ2n) is 3.44. The maximum Gasteiger partial charge on any atom is 0.224 e. The average Bonchev–Trinajstić information content (AvgIpc) is 2.21. The predicted molar refractivity (Wildman–Crippen MR) is 70.5 cm³/mol. The second kappa shape index (κ2) is 5.46. The van der Waals surface area contributed by atoms with Gasteiger partial charge in [-0.25, -0.2) is 0 Å². The fourth-order valence-corrected chi connectivity index (χ4v) is 1.35. The van der Waals surface area contributed by atoms with Crippen molar-refractivity contribution < 1.29 is 4.79 Å². The molecule has 0 aliphatic carbocycles. The van der Waals surface area contributed by atoms with Gasteiger partial charge in [0.2, 0.25) is 5.91 Å². The Bertz CT molecular complexity index is 418. The van der Waals surface area contributed by atoms with E-state index in [-0.39, 0.29) is 11.0 Å². The van der Waals surface area contributed by atoms with E-state index >= 15 is 0 Å². The van der Waals surface area contributed by atoms with Gasteiger partial charge in [-0.3, -0.25) is 4.79 Å². The quantitative estimate of drug-likeness (QED) is 0.703. The van der Waals surface area contributed by atoms with E-state index in [0.717, 1.165) is 5.56 Å². The average molecular weight is 237 g/mol. The number of hydrogen-bond donors (Lipinski definition) is 3. The van der Waals surface area contributed by atoms with Gasteiger partial charge in [-0.05, 0) is 36.8 Å². The molecule has 0 aromatic heterocycles. The van der Waals surface area contributed by atoms with Crippen molar-refractivity contribution in [1.82, 2.24) is 0 Å². The number of anilines is 2. The van der Waals surface area contributed by atoms with Crippen LogP contribution in [0.3, 0.4) is 0 Å². The maximum absolute atomic E-state index is 11.3. The molecule has 0 radical (unpaired) electrons. The van der Waals surface area contributed by atoms with Crippen LogP contribution in [0.25, 0.3) is 0 Å². The van der Waals surface area contributed by atoms with Gasteiger partial charge in [0.25, 0.3) is 0 Å². The zero-order valence-electron chi connectivity index (χ0n) is 9.33. The SMILES string of the molecule is CCC(=O)Nc1ccc(C)cc1NC(N)=S. The predicted octanol–water partition coefficient (Wildman–Crippen LogP) is 2.00. The Morgan fingerprint density at radius 1 is 1.38 bits per heavy atom. The number of carbonyl (C=O) groups excluding carboxylic acids is 1. The molecule has 0 saturated carbocycles. The van der Waals surface area contributed by atoms with E-state index in [0.29, 0.717) is 17.8 Å². The fourth-order valence-electron chi connectivity index (χ4n) is 1.24. The van der Waals surface area contributed by atoms with Crippen LogP contribution in [-0.4, -0.2) is 11.0 Å². The van der Waals surface area contributed by atoms with Gasteiger partial charge in [0.1, 0.15) is 0 Å². The normalized spacial score (nSPS) is 9.62. The highest BCUT2D eigenvalue weighted by molar-refractivity contribution is 7.80. The van der Waals surface area contributed by atoms with Crippen LogP contribution in [0.15, 0.2) is 18.2 Å². The number of nitrogens with two attached hydrogens (primary N) is 1. The van der Waals surface area contributed by atoms with Crippen LogP contribution in [0.4, 0.5) is 11.4 Å². The van der Waals surface area contributed by atoms with Gasteiger partial charge in [-0.2, -0.15) is 0 Å². The van der Waals surface area contributed by atoms with Crippen LogP contribution in [-0.2, 0) is 4.79 Å². The number of aryl methyl sites for hydroxylation is 1. The molecule has 0 spiro atoms. The van der Waals surface area contributed by atoms with Crippen molar-refractivity contribution in [3.8, 4) is 0 Å². The summed E-state index contributed by atoms with van der Waals surface area (Å²) in [6, 6.07) is 5.62. The number of benzene rings is 1. The Morgan fingerprint density at radius 3 is 2.62 bits per heavy atom. The Morgan fingerprint density at radius 2 is 2.06 bits per heavy atom. The number of rotatable bonds is 3. The van der Waals surface area contributed by atoms with Crippen LogP contribution < -0.4 is 16.4 Å². The minimum atomic E-state index is -0.0464. The molecule has 4 N–H and O–H groups in total. The molecular formula is C11H15N3OS. The molecule has 1 rings (SSSR count). The summed E-state index contributed by atoms with van der Waals surface area (Å²) in [5.41, 5.74) is 7.88. The highest BCUT2D eigenvalue weighted by atomic mass is 32.1. The Balaban J connectivity index is 2.97. The minimum absolute atomic E-state index is 0.0464. The van der Waals surface area contributed by atoms with Gasteiger partial charge in [0, 0.05) is 6.42 Å². The summed E-state index contributed by atoms with van der Waals surface area (Å²) < 4.78 is 0. The van der Waals surface area contributed by atoms with Crippen LogP contribution in [0.5, 0.6) is 0 Å². The zero-order valence-corrected chi connectivity index (χ0v) is 10.1. The summed E-state index contributed by atoms with van der Waals surface area (Å²) in [5, 5.41) is 5.79. The number of carbonyl (C=O) groups is 1. The van der Waals surface area contributed by atoms with Crippen LogP contribution in [0.1, 0.15) is 18.9 Å². The van der Waals surface area contributed by atoms with Crippen LogP contribution in [0.2, 0.25) is 0 Å². The number of hydrogen-bond acceptors (Lipinski definition) is 2. The Hall–Kier alpha value is -1.62. The monoisotopic (exact) mass is 237 g/mol. The maximum atomic E-state index is 11.3. The van der Waals surface area contributed by atoms with Gasteiger partial charge in [-0.15, -0.1) is 0 Å². The summed E-state index contributed by atoms with van der Waals surface area (Å²) in [4.78, 5) is 11.3. The molecule has 0 unspecified atom stereocenters. The van der Waals surface area contributed by atoms with E-state index < -0.39 is 0 Å².